The minimum Gasteiger partial charge on any atom is -0.357 e. The average molecular weight is 508 g/mol. The average Bonchev–Trinajstić information content (AvgIpc) is 2.78. The molecule has 0 bridgehead atoms. The first-order valence-electron chi connectivity index (χ1n) is 11.3. The topological polar surface area (TPSA) is 86.8 Å². The lowest BCUT2D eigenvalue weighted by atomic mass is 10.1. The van der Waals surface area contributed by atoms with Crippen molar-refractivity contribution in [2.45, 2.75) is 52.6 Å². The number of nitrogens with zero attached hydrogens (tertiary/aromatic N) is 2. The second kappa shape index (κ2) is 12.2. The van der Waals surface area contributed by atoms with Gasteiger partial charge in [0, 0.05) is 31.6 Å². The molecule has 0 saturated carbocycles. The lowest BCUT2D eigenvalue weighted by Gasteiger charge is -2.31. The summed E-state index contributed by atoms with van der Waals surface area (Å²) in [6.07, 6.45) is 2.00. The summed E-state index contributed by atoms with van der Waals surface area (Å²) in [4.78, 5) is 27.3. The van der Waals surface area contributed by atoms with Gasteiger partial charge in [-0.05, 0) is 55.5 Å². The SMILES string of the molecule is CC[C@@H](C(=O)NC)N(Cc1ccccc1Cl)C(=O)CCCN(c1cc(C)ccc1C)S(C)(=O)=O. The monoisotopic (exact) mass is 507 g/mol. The molecule has 2 aromatic rings. The van der Waals surface area contributed by atoms with Crippen LogP contribution in [0.5, 0.6) is 0 Å². The van der Waals surface area contributed by atoms with Crippen molar-refractivity contribution in [1.82, 2.24) is 10.2 Å². The number of benzene rings is 2. The van der Waals surface area contributed by atoms with Crippen molar-refractivity contribution < 1.29 is 18.0 Å². The van der Waals surface area contributed by atoms with Gasteiger partial charge >= 0.3 is 0 Å². The number of aryl methyl sites for hydroxylation is 2. The van der Waals surface area contributed by atoms with Crippen LogP contribution in [0.15, 0.2) is 42.5 Å². The zero-order valence-electron chi connectivity index (χ0n) is 20.5. The molecule has 9 heteroatoms. The summed E-state index contributed by atoms with van der Waals surface area (Å²) in [7, 11) is -2.00. The minimum absolute atomic E-state index is 0.0921. The fourth-order valence-electron chi connectivity index (χ4n) is 3.87. The highest BCUT2D eigenvalue weighted by Crippen LogP contribution is 2.25. The normalized spacial score (nSPS) is 12.2. The quantitative estimate of drug-likeness (QED) is 0.497. The first kappa shape index (κ1) is 27.7. The summed E-state index contributed by atoms with van der Waals surface area (Å²) in [6.45, 7) is 5.96. The van der Waals surface area contributed by atoms with E-state index in [0.717, 1.165) is 16.7 Å². The molecule has 2 rings (SSSR count). The molecule has 34 heavy (non-hydrogen) atoms. The number of halogens is 1. The Labute approximate surface area is 208 Å². The second-order valence-corrected chi connectivity index (χ2v) is 10.7. The van der Waals surface area contributed by atoms with E-state index in [9.17, 15) is 18.0 Å². The number of rotatable bonds is 11. The number of carbonyl (C=O) groups excluding carboxylic acids is 2. The van der Waals surface area contributed by atoms with Crippen molar-refractivity contribution in [2.24, 2.45) is 0 Å². The fraction of sp³-hybridized carbons (Fsp3) is 0.440. The van der Waals surface area contributed by atoms with Gasteiger partial charge in [0.05, 0.1) is 11.9 Å². The van der Waals surface area contributed by atoms with Gasteiger partial charge in [0.1, 0.15) is 6.04 Å². The van der Waals surface area contributed by atoms with Crippen LogP contribution in [-0.2, 0) is 26.2 Å². The summed E-state index contributed by atoms with van der Waals surface area (Å²) in [6, 6.07) is 12.2. The molecule has 7 nitrogen and oxygen atoms in total. The maximum atomic E-state index is 13.3. The highest BCUT2D eigenvalue weighted by atomic mass is 35.5. The Morgan fingerprint density at radius 2 is 1.79 bits per heavy atom. The van der Waals surface area contributed by atoms with Crippen LogP contribution in [0, 0.1) is 13.8 Å². The molecule has 1 N–H and O–H groups in total. The number of hydrogen-bond acceptors (Lipinski definition) is 4. The van der Waals surface area contributed by atoms with Crippen LogP contribution in [0.3, 0.4) is 0 Å². The van der Waals surface area contributed by atoms with E-state index in [1.807, 2.05) is 51.1 Å². The lowest BCUT2D eigenvalue weighted by molar-refractivity contribution is -0.141. The molecule has 0 aliphatic carbocycles. The van der Waals surface area contributed by atoms with Crippen molar-refractivity contribution in [3.8, 4) is 0 Å². The number of sulfonamides is 1. The van der Waals surface area contributed by atoms with Gasteiger partial charge in [0.2, 0.25) is 21.8 Å². The van der Waals surface area contributed by atoms with Crippen molar-refractivity contribution in [2.75, 3.05) is 24.2 Å². The predicted octanol–water partition coefficient (Wildman–Crippen LogP) is 4.06. The van der Waals surface area contributed by atoms with E-state index in [4.69, 9.17) is 11.6 Å². The number of anilines is 1. The first-order chi connectivity index (χ1) is 16.0. The van der Waals surface area contributed by atoms with Gasteiger partial charge in [0.25, 0.3) is 0 Å². The third-order valence-corrected chi connectivity index (χ3v) is 7.27. The maximum Gasteiger partial charge on any atom is 0.242 e. The zero-order valence-corrected chi connectivity index (χ0v) is 22.0. The number of likely N-dealkylation sites (N-methyl/N-ethyl adjacent to an activating group) is 1. The predicted molar refractivity (Wildman–Crippen MR) is 137 cm³/mol. The van der Waals surface area contributed by atoms with Gasteiger partial charge in [-0.3, -0.25) is 13.9 Å². The summed E-state index contributed by atoms with van der Waals surface area (Å²) in [5.74, 6) is -0.485. The molecule has 0 aliphatic heterocycles. The fourth-order valence-corrected chi connectivity index (χ4v) is 5.08. The molecule has 0 spiro atoms. The molecule has 0 fully saturated rings. The third kappa shape index (κ3) is 7.21. The molecule has 0 unspecified atom stereocenters. The van der Waals surface area contributed by atoms with E-state index < -0.39 is 16.1 Å². The molecule has 0 aliphatic rings. The van der Waals surface area contributed by atoms with E-state index >= 15 is 0 Å². The van der Waals surface area contributed by atoms with Crippen LogP contribution >= 0.6 is 11.6 Å². The van der Waals surface area contributed by atoms with Crippen LogP contribution < -0.4 is 9.62 Å². The summed E-state index contributed by atoms with van der Waals surface area (Å²) in [5, 5.41) is 3.14. The molecule has 0 radical (unpaired) electrons. The van der Waals surface area contributed by atoms with E-state index in [1.54, 1.807) is 12.1 Å². The second-order valence-electron chi connectivity index (χ2n) is 8.38. The highest BCUT2D eigenvalue weighted by molar-refractivity contribution is 7.92. The van der Waals surface area contributed by atoms with Crippen molar-refractivity contribution in [3.63, 3.8) is 0 Å². The molecule has 0 heterocycles. The van der Waals surface area contributed by atoms with Crippen LogP contribution in [-0.4, -0.2) is 51.0 Å². The Morgan fingerprint density at radius 3 is 2.38 bits per heavy atom. The molecular weight excluding hydrogens is 474 g/mol. The molecule has 0 saturated heterocycles. The Balaban J connectivity index is 2.24. The Bertz CT molecular complexity index is 1120. The highest BCUT2D eigenvalue weighted by Gasteiger charge is 2.28. The van der Waals surface area contributed by atoms with Crippen molar-refractivity contribution in [1.29, 1.82) is 0 Å². The lowest BCUT2D eigenvalue weighted by Crippen LogP contribution is -2.48. The van der Waals surface area contributed by atoms with Gasteiger partial charge in [-0.25, -0.2) is 8.42 Å². The van der Waals surface area contributed by atoms with Crippen molar-refractivity contribution in [3.05, 3.63) is 64.2 Å². The van der Waals surface area contributed by atoms with Gasteiger partial charge in [0.15, 0.2) is 0 Å². The van der Waals surface area contributed by atoms with Gasteiger partial charge in [-0.2, -0.15) is 0 Å². The first-order valence-corrected chi connectivity index (χ1v) is 13.5. The van der Waals surface area contributed by atoms with E-state index in [1.165, 1.54) is 22.5 Å². The van der Waals surface area contributed by atoms with Crippen molar-refractivity contribution >= 4 is 39.1 Å². The van der Waals surface area contributed by atoms with Gasteiger partial charge in [-0.15, -0.1) is 0 Å². The minimum atomic E-state index is -3.54. The third-order valence-electron chi connectivity index (χ3n) is 5.72. The molecule has 2 amide bonds. The van der Waals surface area contributed by atoms with E-state index in [0.29, 0.717) is 23.6 Å². The Kier molecular flexibility index (Phi) is 9.94. The molecule has 2 aromatic carbocycles. The Morgan fingerprint density at radius 1 is 1.12 bits per heavy atom. The molecule has 0 aromatic heterocycles. The summed E-state index contributed by atoms with van der Waals surface area (Å²) in [5.41, 5.74) is 3.15. The van der Waals surface area contributed by atoms with Gasteiger partial charge < -0.3 is 10.2 Å². The largest absolute Gasteiger partial charge is 0.357 e. The van der Waals surface area contributed by atoms with Crippen LogP contribution in [0.1, 0.15) is 42.9 Å². The maximum absolute atomic E-state index is 13.3. The molecule has 186 valence electrons. The molecule has 1 atom stereocenters. The standard InChI is InChI=1S/C25H34ClN3O4S/c1-6-22(25(31)27-4)28(17-20-10-7-8-11-21(20)26)24(30)12-9-15-29(34(5,32)33)23-16-18(2)13-14-19(23)3/h7-8,10-11,13-14,16,22H,6,9,12,15,17H2,1-5H3,(H,27,31)/t22-/m0/s1. The van der Waals surface area contributed by atoms with Crippen LogP contribution in [0.4, 0.5) is 5.69 Å². The number of amides is 2. The number of nitrogens with one attached hydrogen (secondary N) is 1. The number of hydrogen-bond donors (Lipinski definition) is 1. The summed E-state index contributed by atoms with van der Waals surface area (Å²) >= 11 is 6.31. The van der Waals surface area contributed by atoms with Crippen LogP contribution in [0.2, 0.25) is 5.02 Å². The van der Waals surface area contributed by atoms with E-state index in [-0.39, 0.29) is 31.3 Å². The van der Waals surface area contributed by atoms with Gasteiger partial charge in [-0.1, -0.05) is 48.9 Å². The van der Waals surface area contributed by atoms with E-state index in [2.05, 4.69) is 5.32 Å². The summed E-state index contributed by atoms with van der Waals surface area (Å²) < 4.78 is 26.4. The zero-order chi connectivity index (χ0) is 25.5. The smallest absolute Gasteiger partial charge is 0.242 e. The Hall–Kier alpha value is -2.58. The van der Waals surface area contributed by atoms with Crippen LogP contribution in [0.25, 0.3) is 0 Å². The number of carbonyl (C=O) groups is 2. The molecular formula is C25H34ClN3O4S.